The predicted molar refractivity (Wildman–Crippen MR) is 73.2 cm³/mol. The van der Waals surface area contributed by atoms with Gasteiger partial charge in [0.1, 0.15) is 10.6 Å². The molecule has 2 rings (SSSR count). The molecule has 2 N–H and O–H groups in total. The van der Waals surface area contributed by atoms with Crippen LogP contribution in [0.4, 0.5) is 5.00 Å². The molecule has 98 valence electrons. The van der Waals surface area contributed by atoms with E-state index in [2.05, 4.69) is 10.3 Å². The molecular formula is C12H9ClN2O3S. The summed E-state index contributed by atoms with van der Waals surface area (Å²) >= 11 is 6.69. The zero-order valence-corrected chi connectivity index (χ0v) is 11.4. The van der Waals surface area contributed by atoms with Gasteiger partial charge in [-0.05, 0) is 30.7 Å². The quantitative estimate of drug-likeness (QED) is 0.912. The Bertz CT molecular complexity index is 637. The fourth-order valence-corrected chi connectivity index (χ4v) is 2.46. The number of pyridine rings is 1. The normalized spacial score (nSPS) is 10.2. The highest BCUT2D eigenvalue weighted by atomic mass is 35.5. The lowest BCUT2D eigenvalue weighted by Gasteiger charge is -2.01. The molecule has 0 aliphatic rings. The van der Waals surface area contributed by atoms with Crippen LogP contribution in [0.25, 0.3) is 0 Å². The third-order valence-electron chi connectivity index (χ3n) is 2.31. The maximum Gasteiger partial charge on any atom is 0.346 e. The number of rotatable bonds is 3. The van der Waals surface area contributed by atoms with Gasteiger partial charge >= 0.3 is 5.97 Å². The third-order valence-corrected chi connectivity index (χ3v) is 3.67. The third kappa shape index (κ3) is 3.10. The molecule has 0 bridgehead atoms. The lowest BCUT2D eigenvalue weighted by Crippen LogP contribution is -2.12. The zero-order valence-electron chi connectivity index (χ0n) is 9.81. The molecule has 0 atom stereocenters. The number of aryl methyl sites for hydroxylation is 1. The Balaban J connectivity index is 2.17. The number of thiophene rings is 1. The van der Waals surface area contributed by atoms with Crippen LogP contribution in [0.2, 0.25) is 5.02 Å². The van der Waals surface area contributed by atoms with Crippen LogP contribution in [0.5, 0.6) is 0 Å². The Kier molecular flexibility index (Phi) is 3.82. The first-order chi connectivity index (χ1) is 8.97. The van der Waals surface area contributed by atoms with E-state index in [1.165, 1.54) is 12.3 Å². The van der Waals surface area contributed by atoms with Gasteiger partial charge in [-0.3, -0.25) is 4.79 Å². The van der Waals surface area contributed by atoms with Gasteiger partial charge in [-0.15, -0.1) is 11.3 Å². The van der Waals surface area contributed by atoms with Crippen molar-refractivity contribution in [1.82, 2.24) is 4.98 Å². The first-order valence-electron chi connectivity index (χ1n) is 5.24. The summed E-state index contributed by atoms with van der Waals surface area (Å²) in [6.45, 7) is 1.68. The average molecular weight is 297 g/mol. The summed E-state index contributed by atoms with van der Waals surface area (Å²) in [7, 11) is 0. The van der Waals surface area contributed by atoms with Gasteiger partial charge in [0, 0.05) is 6.20 Å². The minimum atomic E-state index is -1.01. The van der Waals surface area contributed by atoms with Crippen molar-refractivity contribution in [3.8, 4) is 0 Å². The minimum Gasteiger partial charge on any atom is -0.477 e. The van der Waals surface area contributed by atoms with Gasteiger partial charge in [0.2, 0.25) is 0 Å². The number of amides is 1. The maximum absolute atomic E-state index is 11.9. The van der Waals surface area contributed by atoms with Crippen LogP contribution < -0.4 is 5.32 Å². The van der Waals surface area contributed by atoms with Crippen LogP contribution in [0.15, 0.2) is 24.4 Å². The summed E-state index contributed by atoms with van der Waals surface area (Å²) in [5, 5.41) is 12.4. The number of carboxylic acids is 1. The Hall–Kier alpha value is -1.92. The predicted octanol–water partition coefficient (Wildman–Crippen LogP) is 3.06. The molecule has 2 aromatic heterocycles. The van der Waals surface area contributed by atoms with Crippen LogP contribution in [0.1, 0.15) is 25.7 Å². The molecule has 0 aliphatic carbocycles. The number of nitrogens with zero attached hydrogens (tertiary/aromatic N) is 1. The number of carbonyl (C=O) groups excluding carboxylic acids is 1. The summed E-state index contributed by atoms with van der Waals surface area (Å²) in [6, 6.07) is 4.67. The molecule has 0 radical (unpaired) electrons. The second kappa shape index (κ2) is 5.38. The largest absolute Gasteiger partial charge is 0.477 e. The van der Waals surface area contributed by atoms with Crippen LogP contribution in [0, 0.1) is 6.92 Å². The zero-order chi connectivity index (χ0) is 14.0. The van der Waals surface area contributed by atoms with Gasteiger partial charge < -0.3 is 10.4 Å². The SMILES string of the molecule is Cc1cc(NC(=O)c2ccc(Cl)cn2)sc1C(=O)O. The van der Waals surface area contributed by atoms with E-state index in [1.807, 2.05) is 0 Å². The number of carboxylic acid groups (broad SMARTS) is 1. The number of hydrogen-bond acceptors (Lipinski definition) is 4. The van der Waals surface area contributed by atoms with Crippen LogP contribution in [-0.4, -0.2) is 22.0 Å². The molecule has 0 aliphatic heterocycles. The van der Waals surface area contributed by atoms with E-state index in [0.29, 0.717) is 15.6 Å². The maximum atomic E-state index is 11.9. The van der Waals surface area contributed by atoms with Crippen molar-refractivity contribution in [1.29, 1.82) is 0 Å². The van der Waals surface area contributed by atoms with E-state index in [4.69, 9.17) is 16.7 Å². The molecule has 7 heteroatoms. The van der Waals surface area contributed by atoms with Gasteiger partial charge in [0.15, 0.2) is 0 Å². The molecule has 2 heterocycles. The molecule has 0 spiro atoms. The van der Waals surface area contributed by atoms with E-state index in [0.717, 1.165) is 11.3 Å². The molecule has 19 heavy (non-hydrogen) atoms. The Morgan fingerprint density at radius 2 is 2.16 bits per heavy atom. The summed E-state index contributed by atoms with van der Waals surface area (Å²) < 4.78 is 0. The number of aromatic nitrogens is 1. The van der Waals surface area contributed by atoms with Crippen molar-refractivity contribution in [3.63, 3.8) is 0 Å². The first-order valence-corrected chi connectivity index (χ1v) is 6.43. The number of halogens is 1. The summed E-state index contributed by atoms with van der Waals surface area (Å²) in [4.78, 5) is 26.8. The monoisotopic (exact) mass is 296 g/mol. The molecule has 2 aromatic rings. The molecule has 5 nitrogen and oxygen atoms in total. The Morgan fingerprint density at radius 3 is 2.68 bits per heavy atom. The van der Waals surface area contributed by atoms with Crippen molar-refractivity contribution in [2.24, 2.45) is 0 Å². The van der Waals surface area contributed by atoms with E-state index in [1.54, 1.807) is 19.1 Å². The lowest BCUT2D eigenvalue weighted by molar-refractivity contribution is 0.0701. The summed E-state index contributed by atoms with van der Waals surface area (Å²) in [5.41, 5.74) is 0.823. The van der Waals surface area contributed by atoms with E-state index < -0.39 is 11.9 Å². The summed E-state index contributed by atoms with van der Waals surface area (Å²) in [5.74, 6) is -1.41. The van der Waals surface area contributed by atoms with Gasteiger partial charge in [0.25, 0.3) is 5.91 Å². The molecule has 0 aromatic carbocycles. The molecule has 0 unspecified atom stereocenters. The lowest BCUT2D eigenvalue weighted by atomic mass is 10.3. The second-order valence-electron chi connectivity index (χ2n) is 3.74. The highest BCUT2D eigenvalue weighted by molar-refractivity contribution is 7.18. The van der Waals surface area contributed by atoms with Gasteiger partial charge in [-0.25, -0.2) is 9.78 Å². The van der Waals surface area contributed by atoms with Crippen molar-refractivity contribution >= 4 is 39.8 Å². The van der Waals surface area contributed by atoms with Crippen LogP contribution in [0.3, 0.4) is 0 Å². The smallest absolute Gasteiger partial charge is 0.346 e. The average Bonchev–Trinajstić information content (AvgIpc) is 2.71. The van der Waals surface area contributed by atoms with Crippen molar-refractivity contribution in [2.75, 3.05) is 5.32 Å². The molecular weight excluding hydrogens is 288 g/mol. The van der Waals surface area contributed by atoms with Gasteiger partial charge in [0.05, 0.1) is 10.0 Å². The molecule has 1 amide bonds. The van der Waals surface area contributed by atoms with Gasteiger partial charge in [-0.1, -0.05) is 11.6 Å². The highest BCUT2D eigenvalue weighted by Gasteiger charge is 2.14. The topological polar surface area (TPSA) is 79.3 Å². The molecule has 0 fully saturated rings. The van der Waals surface area contributed by atoms with Crippen molar-refractivity contribution < 1.29 is 14.7 Å². The number of hydrogen-bond donors (Lipinski definition) is 2. The van der Waals surface area contributed by atoms with E-state index >= 15 is 0 Å². The fourth-order valence-electron chi connectivity index (χ4n) is 1.44. The minimum absolute atomic E-state index is 0.208. The molecule has 0 saturated carbocycles. The van der Waals surface area contributed by atoms with Crippen LogP contribution in [-0.2, 0) is 0 Å². The van der Waals surface area contributed by atoms with Crippen molar-refractivity contribution in [3.05, 3.63) is 45.6 Å². The van der Waals surface area contributed by atoms with E-state index in [9.17, 15) is 9.59 Å². The fraction of sp³-hybridized carbons (Fsp3) is 0.0833. The number of carbonyl (C=O) groups is 2. The Morgan fingerprint density at radius 1 is 1.42 bits per heavy atom. The number of nitrogens with one attached hydrogen (secondary N) is 1. The summed E-state index contributed by atoms with van der Waals surface area (Å²) in [6.07, 6.45) is 1.37. The standard InChI is InChI=1S/C12H9ClN2O3S/c1-6-4-9(19-10(6)12(17)18)15-11(16)8-3-2-7(13)5-14-8/h2-5H,1H3,(H,15,16)(H,17,18). The van der Waals surface area contributed by atoms with Crippen LogP contribution >= 0.6 is 22.9 Å². The van der Waals surface area contributed by atoms with Crippen molar-refractivity contribution in [2.45, 2.75) is 6.92 Å². The number of aromatic carboxylic acids is 1. The van der Waals surface area contributed by atoms with Gasteiger partial charge in [-0.2, -0.15) is 0 Å². The Labute approximate surface area is 117 Å². The highest BCUT2D eigenvalue weighted by Crippen LogP contribution is 2.26. The van der Waals surface area contributed by atoms with E-state index in [-0.39, 0.29) is 10.6 Å². The second-order valence-corrected chi connectivity index (χ2v) is 5.23. The molecule has 0 saturated heterocycles. The first kappa shape index (κ1) is 13.5. The number of anilines is 1.